The second kappa shape index (κ2) is 7.05. The average Bonchev–Trinajstić information content (AvgIpc) is 2.85. The Labute approximate surface area is 133 Å². The van der Waals surface area contributed by atoms with E-state index in [1.54, 1.807) is 11.3 Å². The molecule has 112 valence electrons. The van der Waals surface area contributed by atoms with Gasteiger partial charge in [-0.2, -0.15) is 0 Å². The van der Waals surface area contributed by atoms with Crippen LogP contribution >= 0.6 is 27.3 Å². The van der Waals surface area contributed by atoms with E-state index in [1.807, 2.05) is 11.4 Å². The highest BCUT2D eigenvalue weighted by molar-refractivity contribution is 9.10. The molecule has 0 bridgehead atoms. The highest BCUT2D eigenvalue weighted by Gasteiger charge is 2.37. The molecule has 2 N–H and O–H groups in total. The lowest BCUT2D eigenvalue weighted by Gasteiger charge is -2.38. The van der Waals surface area contributed by atoms with Crippen LogP contribution < -0.4 is 5.73 Å². The number of thiophene rings is 1. The molecule has 1 aliphatic rings. The van der Waals surface area contributed by atoms with Gasteiger partial charge in [-0.1, -0.05) is 19.3 Å². The fourth-order valence-corrected chi connectivity index (χ4v) is 4.93. The van der Waals surface area contributed by atoms with Gasteiger partial charge in [-0.15, -0.1) is 11.3 Å². The summed E-state index contributed by atoms with van der Waals surface area (Å²) in [5.41, 5.74) is 6.42. The van der Waals surface area contributed by atoms with Gasteiger partial charge in [0, 0.05) is 15.4 Å². The van der Waals surface area contributed by atoms with Gasteiger partial charge in [-0.3, -0.25) is 4.79 Å². The van der Waals surface area contributed by atoms with Gasteiger partial charge < -0.3 is 10.5 Å². The van der Waals surface area contributed by atoms with Crippen molar-refractivity contribution >= 4 is 33.2 Å². The highest BCUT2D eigenvalue weighted by Crippen LogP contribution is 2.46. The van der Waals surface area contributed by atoms with E-state index in [9.17, 15) is 4.79 Å². The Hall–Kier alpha value is -0.390. The Bertz CT molecular complexity index is 454. The normalized spacial score (nSPS) is 19.6. The van der Waals surface area contributed by atoms with Gasteiger partial charge in [0.25, 0.3) is 0 Å². The monoisotopic (exact) mass is 359 g/mol. The van der Waals surface area contributed by atoms with Crippen molar-refractivity contribution in [2.45, 2.75) is 51.0 Å². The fourth-order valence-electron chi connectivity index (χ4n) is 3.26. The van der Waals surface area contributed by atoms with Gasteiger partial charge in [-0.05, 0) is 52.1 Å². The molecule has 0 spiro atoms. The van der Waals surface area contributed by atoms with E-state index < -0.39 is 0 Å². The van der Waals surface area contributed by atoms with E-state index in [-0.39, 0.29) is 17.4 Å². The number of methoxy groups -OCH3 is 1. The number of carbonyl (C=O) groups is 1. The van der Waals surface area contributed by atoms with Crippen molar-refractivity contribution in [3.05, 3.63) is 20.8 Å². The molecule has 0 amide bonds. The van der Waals surface area contributed by atoms with Crippen molar-refractivity contribution in [3.63, 3.8) is 0 Å². The van der Waals surface area contributed by atoms with Gasteiger partial charge in [0.05, 0.1) is 13.5 Å². The predicted molar refractivity (Wildman–Crippen MR) is 85.7 cm³/mol. The molecular formula is C15H22BrNO2S. The van der Waals surface area contributed by atoms with Crippen LogP contribution in [0.5, 0.6) is 0 Å². The first-order chi connectivity index (χ1) is 9.56. The molecule has 5 heteroatoms. The summed E-state index contributed by atoms with van der Waals surface area (Å²) in [5.74, 6) is -0.107. The first-order valence-corrected chi connectivity index (χ1v) is 8.79. The summed E-state index contributed by atoms with van der Waals surface area (Å²) in [4.78, 5) is 12.9. The summed E-state index contributed by atoms with van der Waals surface area (Å²) >= 11 is 5.23. The molecule has 1 aromatic rings. The lowest BCUT2D eigenvalue weighted by atomic mass is 9.68. The molecule has 0 aromatic carbocycles. The van der Waals surface area contributed by atoms with E-state index in [1.165, 1.54) is 31.2 Å². The van der Waals surface area contributed by atoms with Gasteiger partial charge >= 0.3 is 5.97 Å². The smallest absolute Gasteiger partial charge is 0.306 e. The molecule has 1 atom stereocenters. The van der Waals surface area contributed by atoms with E-state index in [2.05, 4.69) is 15.9 Å². The Morgan fingerprint density at radius 3 is 2.75 bits per heavy atom. The lowest BCUT2D eigenvalue weighted by Crippen LogP contribution is -2.32. The minimum atomic E-state index is -0.107. The third kappa shape index (κ3) is 3.83. The molecule has 1 aromatic heterocycles. The molecule has 0 radical (unpaired) electrons. The number of hydrogen-bond donors (Lipinski definition) is 1. The maximum atomic E-state index is 11.8. The summed E-state index contributed by atoms with van der Waals surface area (Å²) in [6.45, 7) is 0. The van der Waals surface area contributed by atoms with Crippen molar-refractivity contribution in [2.24, 2.45) is 11.1 Å². The Balaban J connectivity index is 2.11. The quantitative estimate of drug-likeness (QED) is 0.791. The number of halogens is 1. The number of carbonyl (C=O) groups excluding carboxylic acids is 1. The number of hydrogen-bond acceptors (Lipinski definition) is 4. The third-order valence-corrected chi connectivity index (χ3v) is 6.30. The van der Waals surface area contributed by atoms with Crippen molar-refractivity contribution in [1.82, 2.24) is 0 Å². The van der Waals surface area contributed by atoms with Crippen molar-refractivity contribution in [3.8, 4) is 0 Å². The van der Waals surface area contributed by atoms with Crippen molar-refractivity contribution in [2.75, 3.05) is 7.11 Å². The first kappa shape index (κ1) is 16.0. The molecule has 0 saturated heterocycles. The highest BCUT2D eigenvalue weighted by atomic mass is 79.9. The van der Waals surface area contributed by atoms with Crippen LogP contribution in [0.1, 0.15) is 55.9 Å². The SMILES string of the molecule is COC(=O)CC1(CC(N)c2sccc2Br)CCCCC1. The van der Waals surface area contributed by atoms with Gasteiger partial charge in [0.2, 0.25) is 0 Å². The van der Waals surface area contributed by atoms with Crippen LogP contribution in [0, 0.1) is 5.41 Å². The summed E-state index contributed by atoms with van der Waals surface area (Å²) in [7, 11) is 1.47. The van der Waals surface area contributed by atoms with Crippen LogP contribution in [0.15, 0.2) is 15.9 Å². The molecular weight excluding hydrogens is 338 g/mol. The largest absolute Gasteiger partial charge is 0.469 e. The molecule has 2 rings (SSSR count). The standard InChI is InChI=1S/C15H22BrNO2S/c1-19-13(18)10-15(6-3-2-4-7-15)9-12(17)14-11(16)5-8-20-14/h5,8,12H,2-4,6-7,9-10,17H2,1H3. The van der Waals surface area contributed by atoms with E-state index >= 15 is 0 Å². The Kier molecular flexibility index (Phi) is 5.64. The summed E-state index contributed by atoms with van der Waals surface area (Å²) in [6, 6.07) is 2.03. The van der Waals surface area contributed by atoms with E-state index in [4.69, 9.17) is 10.5 Å². The zero-order valence-electron chi connectivity index (χ0n) is 11.9. The fraction of sp³-hybridized carbons (Fsp3) is 0.667. The Morgan fingerprint density at radius 1 is 1.50 bits per heavy atom. The van der Waals surface area contributed by atoms with Gasteiger partial charge in [-0.25, -0.2) is 0 Å². The molecule has 0 aliphatic heterocycles. The summed E-state index contributed by atoms with van der Waals surface area (Å²) in [5, 5.41) is 2.05. The van der Waals surface area contributed by atoms with Crippen molar-refractivity contribution in [1.29, 1.82) is 0 Å². The second-order valence-electron chi connectivity index (χ2n) is 5.76. The van der Waals surface area contributed by atoms with Gasteiger partial charge in [0.15, 0.2) is 0 Å². The Morgan fingerprint density at radius 2 is 2.20 bits per heavy atom. The molecule has 1 aliphatic carbocycles. The van der Waals surface area contributed by atoms with Crippen LogP contribution in [0.2, 0.25) is 0 Å². The number of nitrogens with two attached hydrogens (primary N) is 1. The predicted octanol–water partition coefficient (Wildman–Crippen LogP) is 4.41. The second-order valence-corrected chi connectivity index (χ2v) is 7.56. The third-order valence-electron chi connectivity index (χ3n) is 4.30. The van der Waals surface area contributed by atoms with Crippen LogP contribution in [0.4, 0.5) is 0 Å². The van der Waals surface area contributed by atoms with E-state index in [0.717, 1.165) is 23.7 Å². The van der Waals surface area contributed by atoms with Gasteiger partial charge in [0.1, 0.15) is 0 Å². The number of ether oxygens (including phenoxy) is 1. The molecule has 1 fully saturated rings. The average molecular weight is 360 g/mol. The first-order valence-electron chi connectivity index (χ1n) is 7.12. The summed E-state index contributed by atoms with van der Waals surface area (Å²) in [6.07, 6.45) is 7.17. The minimum Gasteiger partial charge on any atom is -0.469 e. The zero-order chi connectivity index (χ0) is 14.6. The molecule has 3 nitrogen and oxygen atoms in total. The molecule has 1 saturated carbocycles. The zero-order valence-corrected chi connectivity index (χ0v) is 14.3. The minimum absolute atomic E-state index is 0.00729. The number of esters is 1. The maximum absolute atomic E-state index is 11.8. The van der Waals surface area contributed by atoms with Crippen LogP contribution in [0.25, 0.3) is 0 Å². The molecule has 1 heterocycles. The van der Waals surface area contributed by atoms with E-state index in [0.29, 0.717) is 6.42 Å². The van der Waals surface area contributed by atoms with Crippen LogP contribution in [0.3, 0.4) is 0 Å². The lowest BCUT2D eigenvalue weighted by molar-refractivity contribution is -0.144. The summed E-state index contributed by atoms with van der Waals surface area (Å²) < 4.78 is 5.97. The topological polar surface area (TPSA) is 52.3 Å². The van der Waals surface area contributed by atoms with Crippen LogP contribution in [-0.4, -0.2) is 13.1 Å². The van der Waals surface area contributed by atoms with Crippen molar-refractivity contribution < 1.29 is 9.53 Å². The maximum Gasteiger partial charge on any atom is 0.306 e. The molecule has 20 heavy (non-hydrogen) atoms. The van der Waals surface area contributed by atoms with Crippen LogP contribution in [-0.2, 0) is 9.53 Å². The number of rotatable bonds is 5. The molecule has 1 unspecified atom stereocenters.